The van der Waals surface area contributed by atoms with Gasteiger partial charge in [0.1, 0.15) is 0 Å². The summed E-state index contributed by atoms with van der Waals surface area (Å²) in [6.45, 7) is 14.4. The van der Waals surface area contributed by atoms with Crippen LogP contribution in [-0.2, 0) is 4.74 Å². The van der Waals surface area contributed by atoms with Gasteiger partial charge in [-0.05, 0) is 43.3 Å². The first kappa shape index (κ1) is 18.1. The maximum absolute atomic E-state index is 6.62. The Morgan fingerprint density at radius 3 is 1.85 bits per heavy atom. The van der Waals surface area contributed by atoms with Crippen LogP contribution in [0.4, 0.5) is 0 Å². The number of hydrogen-bond donors (Lipinski definition) is 0. The molecule has 0 bridgehead atoms. The highest BCUT2D eigenvalue weighted by molar-refractivity contribution is 6.15. The Hall–Kier alpha value is 0.0249. The molecule has 0 aliphatic heterocycles. The van der Waals surface area contributed by atoms with Crippen LogP contribution in [0.2, 0.25) is 5.31 Å². The zero-order valence-corrected chi connectivity index (χ0v) is 14.7. The molecule has 116 valence electrons. The number of hydrogen-bond acceptors (Lipinski definition) is 1. The van der Waals surface area contributed by atoms with E-state index in [1.54, 1.807) is 0 Å². The standard InChI is InChI=1S/C18H35BO/c1-7-16(19,8-2)14-20-18(10-4,11-5)17(9-3)13-12-15(17)6/h15H,7-14H2,1-6H3. The lowest BCUT2D eigenvalue weighted by molar-refractivity contribution is -0.205. The minimum Gasteiger partial charge on any atom is -0.375 e. The second-order valence-corrected chi connectivity index (χ2v) is 7.01. The van der Waals surface area contributed by atoms with Gasteiger partial charge in [0.15, 0.2) is 0 Å². The number of ether oxygens (including phenoxy) is 1. The summed E-state index contributed by atoms with van der Waals surface area (Å²) in [5.74, 6) is 0.780. The van der Waals surface area contributed by atoms with Gasteiger partial charge < -0.3 is 4.74 Å². The summed E-state index contributed by atoms with van der Waals surface area (Å²) < 4.78 is 6.62. The highest BCUT2D eigenvalue weighted by atomic mass is 16.5. The van der Waals surface area contributed by atoms with E-state index in [1.807, 2.05) is 0 Å². The Balaban J connectivity index is 2.92. The fourth-order valence-electron chi connectivity index (χ4n) is 4.34. The van der Waals surface area contributed by atoms with Gasteiger partial charge in [-0.25, -0.2) is 0 Å². The second kappa shape index (κ2) is 6.86. The molecule has 2 radical (unpaired) electrons. The Kier molecular flexibility index (Phi) is 6.20. The van der Waals surface area contributed by atoms with Gasteiger partial charge in [0.2, 0.25) is 0 Å². The van der Waals surface area contributed by atoms with E-state index in [2.05, 4.69) is 41.5 Å². The first-order valence-corrected chi connectivity index (χ1v) is 8.82. The number of rotatable bonds is 9. The van der Waals surface area contributed by atoms with Crippen LogP contribution in [0.25, 0.3) is 0 Å². The van der Waals surface area contributed by atoms with Crippen LogP contribution < -0.4 is 0 Å². The van der Waals surface area contributed by atoms with Crippen LogP contribution >= 0.6 is 0 Å². The van der Waals surface area contributed by atoms with E-state index in [4.69, 9.17) is 12.6 Å². The van der Waals surface area contributed by atoms with E-state index in [1.165, 1.54) is 19.3 Å². The molecule has 1 aliphatic carbocycles. The molecule has 1 rings (SSSR count). The van der Waals surface area contributed by atoms with Gasteiger partial charge in [0.25, 0.3) is 0 Å². The van der Waals surface area contributed by atoms with E-state index in [0.29, 0.717) is 12.0 Å². The van der Waals surface area contributed by atoms with Gasteiger partial charge in [0.05, 0.1) is 13.4 Å². The SMILES string of the molecule is [B]C(CC)(CC)COC(CC)(CC)C1(CC)CCC1C. The third kappa shape index (κ3) is 2.82. The van der Waals surface area contributed by atoms with Gasteiger partial charge in [-0.15, -0.1) is 0 Å². The smallest absolute Gasteiger partial charge is 0.0777 e. The van der Waals surface area contributed by atoms with Crippen molar-refractivity contribution < 1.29 is 4.74 Å². The van der Waals surface area contributed by atoms with Crippen molar-refractivity contribution in [3.63, 3.8) is 0 Å². The fourth-order valence-corrected chi connectivity index (χ4v) is 4.34. The summed E-state index contributed by atoms with van der Waals surface area (Å²) in [7, 11) is 6.47. The zero-order valence-electron chi connectivity index (χ0n) is 14.7. The minimum absolute atomic E-state index is 0.0222. The molecule has 0 aromatic rings. The molecule has 1 aliphatic rings. The van der Waals surface area contributed by atoms with E-state index in [-0.39, 0.29) is 10.9 Å². The highest BCUT2D eigenvalue weighted by Crippen LogP contribution is 2.60. The van der Waals surface area contributed by atoms with Gasteiger partial charge in [0, 0.05) is 12.0 Å². The minimum atomic E-state index is -0.155. The predicted molar refractivity (Wildman–Crippen MR) is 89.4 cm³/mol. The summed E-state index contributed by atoms with van der Waals surface area (Å²) in [4.78, 5) is 0. The normalized spacial score (nSPS) is 27.4. The van der Waals surface area contributed by atoms with Crippen molar-refractivity contribution in [2.45, 2.75) is 97.4 Å². The van der Waals surface area contributed by atoms with E-state index in [0.717, 1.165) is 31.6 Å². The van der Waals surface area contributed by atoms with Crippen LogP contribution in [0.15, 0.2) is 0 Å². The topological polar surface area (TPSA) is 9.23 Å². The van der Waals surface area contributed by atoms with Crippen molar-refractivity contribution in [1.82, 2.24) is 0 Å². The average molecular weight is 278 g/mol. The van der Waals surface area contributed by atoms with Crippen LogP contribution in [0.5, 0.6) is 0 Å². The third-order valence-corrected chi connectivity index (χ3v) is 6.69. The average Bonchev–Trinajstić information content (AvgIpc) is 2.49. The second-order valence-electron chi connectivity index (χ2n) is 7.01. The lowest BCUT2D eigenvalue weighted by atomic mass is 9.50. The molecule has 0 amide bonds. The molecule has 0 aromatic carbocycles. The molecule has 0 spiro atoms. The van der Waals surface area contributed by atoms with Crippen LogP contribution in [0, 0.1) is 11.3 Å². The predicted octanol–water partition coefficient (Wildman–Crippen LogP) is 5.54. The van der Waals surface area contributed by atoms with Gasteiger partial charge in [-0.3, -0.25) is 0 Å². The lowest BCUT2D eigenvalue weighted by Crippen LogP contribution is -2.58. The van der Waals surface area contributed by atoms with Crippen molar-refractivity contribution in [1.29, 1.82) is 0 Å². The fraction of sp³-hybridized carbons (Fsp3) is 1.00. The van der Waals surface area contributed by atoms with E-state index >= 15 is 0 Å². The Labute approximate surface area is 128 Å². The molecule has 2 heteroatoms. The monoisotopic (exact) mass is 278 g/mol. The molecule has 1 saturated carbocycles. The molecule has 0 aromatic heterocycles. The van der Waals surface area contributed by atoms with Crippen molar-refractivity contribution in [2.24, 2.45) is 11.3 Å². The first-order valence-electron chi connectivity index (χ1n) is 8.82. The summed E-state index contributed by atoms with van der Waals surface area (Å²) in [6.07, 6.45) is 8.09. The molecule has 2 atom stereocenters. The Morgan fingerprint density at radius 2 is 1.60 bits per heavy atom. The molecule has 2 unspecified atom stereocenters. The van der Waals surface area contributed by atoms with Crippen molar-refractivity contribution in [3.8, 4) is 0 Å². The lowest BCUT2D eigenvalue weighted by Gasteiger charge is -2.60. The molecule has 20 heavy (non-hydrogen) atoms. The summed E-state index contributed by atoms with van der Waals surface area (Å²) in [5.41, 5.74) is 0.396. The van der Waals surface area contributed by atoms with Crippen LogP contribution in [-0.4, -0.2) is 20.1 Å². The Bertz CT molecular complexity index is 290. The third-order valence-electron chi connectivity index (χ3n) is 6.69. The summed E-state index contributed by atoms with van der Waals surface area (Å²) >= 11 is 0. The maximum Gasteiger partial charge on any atom is 0.0777 e. The van der Waals surface area contributed by atoms with Crippen LogP contribution in [0.3, 0.4) is 0 Å². The molecule has 0 heterocycles. The molecule has 1 fully saturated rings. The zero-order chi connectivity index (χ0) is 15.4. The Morgan fingerprint density at radius 1 is 1.05 bits per heavy atom. The molecular formula is C18H35BO. The van der Waals surface area contributed by atoms with Crippen LogP contribution in [0.1, 0.15) is 86.5 Å². The van der Waals surface area contributed by atoms with Gasteiger partial charge >= 0.3 is 0 Å². The summed E-state index contributed by atoms with van der Waals surface area (Å²) in [6, 6.07) is 0. The first-order chi connectivity index (χ1) is 9.39. The molecular weight excluding hydrogens is 243 g/mol. The van der Waals surface area contributed by atoms with Crippen molar-refractivity contribution >= 4 is 7.85 Å². The van der Waals surface area contributed by atoms with Gasteiger partial charge in [-0.1, -0.05) is 54.4 Å². The van der Waals surface area contributed by atoms with Crippen molar-refractivity contribution in [2.75, 3.05) is 6.61 Å². The molecule has 0 saturated heterocycles. The largest absolute Gasteiger partial charge is 0.375 e. The van der Waals surface area contributed by atoms with E-state index in [9.17, 15) is 0 Å². The quantitative estimate of drug-likeness (QED) is 0.503. The summed E-state index contributed by atoms with van der Waals surface area (Å²) in [5, 5.41) is -0.155. The van der Waals surface area contributed by atoms with Gasteiger partial charge in [-0.2, -0.15) is 0 Å². The van der Waals surface area contributed by atoms with E-state index < -0.39 is 0 Å². The molecule has 1 nitrogen and oxygen atoms in total. The molecule has 0 N–H and O–H groups in total. The maximum atomic E-state index is 6.62. The van der Waals surface area contributed by atoms with Crippen molar-refractivity contribution in [3.05, 3.63) is 0 Å². The highest BCUT2D eigenvalue weighted by Gasteiger charge is 2.56.